The van der Waals surface area contributed by atoms with Gasteiger partial charge in [0.1, 0.15) is 17.6 Å². The molecule has 0 aliphatic carbocycles. The standard InChI is InChI=1S/C20H19Cl2N3O2S/c1-25-11-10-23-20(25)18(13-6-3-4-9-16(13)27-2)24-17(26)12-28-19-14(21)7-5-8-15(19)22/h3-11,18H,12H2,1-2H3,(H,24,26). The molecule has 3 rings (SSSR count). The number of carbonyl (C=O) groups is 1. The fourth-order valence-electron chi connectivity index (χ4n) is 2.80. The van der Waals surface area contributed by atoms with Gasteiger partial charge >= 0.3 is 0 Å². The molecule has 0 radical (unpaired) electrons. The van der Waals surface area contributed by atoms with Gasteiger partial charge in [-0.2, -0.15) is 0 Å². The molecule has 2 aromatic carbocycles. The van der Waals surface area contributed by atoms with Crippen molar-refractivity contribution in [3.8, 4) is 5.75 Å². The molecule has 146 valence electrons. The number of rotatable bonds is 7. The minimum Gasteiger partial charge on any atom is -0.496 e. The number of methoxy groups -OCH3 is 1. The lowest BCUT2D eigenvalue weighted by Gasteiger charge is -2.21. The first kappa shape index (κ1) is 20.6. The highest BCUT2D eigenvalue weighted by Crippen LogP contribution is 2.34. The highest BCUT2D eigenvalue weighted by atomic mass is 35.5. The van der Waals surface area contributed by atoms with Crippen LogP contribution in [0.1, 0.15) is 17.4 Å². The third kappa shape index (κ3) is 4.63. The predicted octanol–water partition coefficient (Wildman–Crippen LogP) is 4.73. The largest absolute Gasteiger partial charge is 0.496 e. The first-order valence-corrected chi connectivity index (χ1v) is 10.2. The van der Waals surface area contributed by atoms with Crippen LogP contribution < -0.4 is 10.1 Å². The minimum absolute atomic E-state index is 0.166. The third-order valence-electron chi connectivity index (χ3n) is 4.14. The van der Waals surface area contributed by atoms with Crippen molar-refractivity contribution < 1.29 is 9.53 Å². The van der Waals surface area contributed by atoms with Crippen LogP contribution in [0.15, 0.2) is 59.8 Å². The first-order chi connectivity index (χ1) is 13.5. The molecule has 0 aliphatic rings. The molecule has 0 spiro atoms. The van der Waals surface area contributed by atoms with Crippen molar-refractivity contribution in [1.82, 2.24) is 14.9 Å². The van der Waals surface area contributed by atoms with Crippen molar-refractivity contribution >= 4 is 40.9 Å². The zero-order valence-corrected chi connectivity index (χ0v) is 17.7. The zero-order chi connectivity index (χ0) is 20.1. The quantitative estimate of drug-likeness (QED) is 0.544. The van der Waals surface area contributed by atoms with Gasteiger partial charge < -0.3 is 14.6 Å². The number of aromatic nitrogens is 2. The highest BCUT2D eigenvalue weighted by molar-refractivity contribution is 8.00. The third-order valence-corrected chi connectivity index (χ3v) is 6.13. The van der Waals surface area contributed by atoms with E-state index in [1.807, 2.05) is 42.1 Å². The second-order valence-corrected chi connectivity index (χ2v) is 7.78. The summed E-state index contributed by atoms with van der Waals surface area (Å²) in [6.07, 6.45) is 3.53. The van der Waals surface area contributed by atoms with Crippen LogP contribution in [-0.2, 0) is 11.8 Å². The summed E-state index contributed by atoms with van der Waals surface area (Å²) in [6, 6.07) is 12.4. The second-order valence-electron chi connectivity index (χ2n) is 5.98. The lowest BCUT2D eigenvalue weighted by molar-refractivity contribution is -0.119. The lowest BCUT2D eigenvalue weighted by atomic mass is 10.0. The summed E-state index contributed by atoms with van der Waals surface area (Å²) in [5.74, 6) is 1.38. The van der Waals surface area contributed by atoms with Gasteiger partial charge in [-0.1, -0.05) is 47.5 Å². The number of aryl methyl sites for hydroxylation is 1. The SMILES string of the molecule is COc1ccccc1C(NC(=O)CSc1c(Cl)cccc1Cl)c1nccn1C. The first-order valence-electron chi connectivity index (χ1n) is 8.47. The number of benzene rings is 2. The van der Waals surface area contributed by atoms with Crippen molar-refractivity contribution in [2.24, 2.45) is 7.05 Å². The smallest absolute Gasteiger partial charge is 0.231 e. The average molecular weight is 436 g/mol. The van der Waals surface area contributed by atoms with Crippen molar-refractivity contribution in [3.05, 3.63) is 76.3 Å². The number of amides is 1. The maximum atomic E-state index is 12.7. The summed E-state index contributed by atoms with van der Waals surface area (Å²) < 4.78 is 7.35. The Morgan fingerprint density at radius 3 is 2.57 bits per heavy atom. The number of hydrogen-bond acceptors (Lipinski definition) is 4. The van der Waals surface area contributed by atoms with E-state index < -0.39 is 6.04 Å². The summed E-state index contributed by atoms with van der Waals surface area (Å²) >= 11 is 13.7. The molecule has 5 nitrogen and oxygen atoms in total. The topological polar surface area (TPSA) is 56.1 Å². The van der Waals surface area contributed by atoms with E-state index in [0.29, 0.717) is 26.5 Å². The van der Waals surface area contributed by atoms with Gasteiger partial charge in [-0.05, 0) is 18.2 Å². The van der Waals surface area contributed by atoms with Crippen LogP contribution in [0.3, 0.4) is 0 Å². The second kappa shape index (κ2) is 9.37. The van der Waals surface area contributed by atoms with Crippen LogP contribution in [0.25, 0.3) is 0 Å². The number of carbonyl (C=O) groups excluding carboxylic acids is 1. The van der Waals surface area contributed by atoms with E-state index in [1.54, 1.807) is 31.5 Å². The molecule has 0 saturated heterocycles. The summed E-state index contributed by atoms with van der Waals surface area (Å²) in [5, 5.41) is 4.10. The number of hydrogen-bond donors (Lipinski definition) is 1. The number of halogens is 2. The van der Waals surface area contributed by atoms with Crippen molar-refractivity contribution in [1.29, 1.82) is 0 Å². The average Bonchev–Trinajstić information content (AvgIpc) is 3.11. The fourth-order valence-corrected chi connectivity index (χ4v) is 4.30. The van der Waals surface area contributed by atoms with Gasteiger partial charge in [0.05, 0.1) is 22.9 Å². The summed E-state index contributed by atoms with van der Waals surface area (Å²) in [7, 11) is 3.49. The summed E-state index contributed by atoms with van der Waals surface area (Å²) in [5.41, 5.74) is 0.827. The van der Waals surface area contributed by atoms with Crippen molar-refractivity contribution in [2.75, 3.05) is 12.9 Å². The van der Waals surface area contributed by atoms with Gasteiger partial charge in [-0.25, -0.2) is 4.98 Å². The number of para-hydroxylation sites is 1. The highest BCUT2D eigenvalue weighted by Gasteiger charge is 2.24. The van der Waals surface area contributed by atoms with E-state index in [2.05, 4.69) is 10.3 Å². The van der Waals surface area contributed by atoms with Crippen LogP contribution in [0.2, 0.25) is 10.0 Å². The van der Waals surface area contributed by atoms with E-state index >= 15 is 0 Å². The molecule has 1 amide bonds. The molecule has 1 unspecified atom stereocenters. The summed E-state index contributed by atoms with van der Waals surface area (Å²) in [4.78, 5) is 17.8. The van der Waals surface area contributed by atoms with Crippen LogP contribution in [-0.4, -0.2) is 28.3 Å². The Balaban J connectivity index is 1.82. The molecule has 1 N–H and O–H groups in total. The lowest BCUT2D eigenvalue weighted by Crippen LogP contribution is -2.32. The van der Waals surface area contributed by atoms with Crippen LogP contribution >= 0.6 is 35.0 Å². The normalized spacial score (nSPS) is 11.9. The van der Waals surface area contributed by atoms with E-state index in [-0.39, 0.29) is 11.7 Å². The number of thioether (sulfide) groups is 1. The minimum atomic E-state index is -0.453. The van der Waals surface area contributed by atoms with Gasteiger partial charge in [0.25, 0.3) is 0 Å². The number of nitrogens with one attached hydrogen (secondary N) is 1. The maximum Gasteiger partial charge on any atom is 0.231 e. The Kier molecular flexibility index (Phi) is 6.88. The van der Waals surface area contributed by atoms with Gasteiger partial charge in [0, 0.05) is 29.9 Å². The van der Waals surface area contributed by atoms with Crippen molar-refractivity contribution in [3.63, 3.8) is 0 Å². The molecular formula is C20H19Cl2N3O2S. The van der Waals surface area contributed by atoms with E-state index in [9.17, 15) is 4.79 Å². The molecule has 28 heavy (non-hydrogen) atoms. The molecule has 8 heteroatoms. The van der Waals surface area contributed by atoms with E-state index in [0.717, 1.165) is 5.56 Å². The van der Waals surface area contributed by atoms with E-state index in [4.69, 9.17) is 27.9 Å². The Bertz CT molecular complexity index is 957. The molecule has 1 heterocycles. The van der Waals surface area contributed by atoms with Gasteiger partial charge in [-0.15, -0.1) is 11.8 Å². The Morgan fingerprint density at radius 1 is 1.21 bits per heavy atom. The molecule has 1 aromatic heterocycles. The van der Waals surface area contributed by atoms with Gasteiger partial charge in [0.2, 0.25) is 5.91 Å². The fraction of sp³-hybridized carbons (Fsp3) is 0.200. The molecule has 0 saturated carbocycles. The van der Waals surface area contributed by atoms with Crippen LogP contribution in [0, 0.1) is 0 Å². The van der Waals surface area contributed by atoms with Crippen LogP contribution in [0.4, 0.5) is 0 Å². The molecule has 1 atom stereocenters. The van der Waals surface area contributed by atoms with Gasteiger partial charge in [-0.3, -0.25) is 4.79 Å². The molecule has 0 bridgehead atoms. The Morgan fingerprint density at radius 2 is 1.93 bits per heavy atom. The monoisotopic (exact) mass is 435 g/mol. The zero-order valence-electron chi connectivity index (χ0n) is 15.4. The number of imidazole rings is 1. The summed E-state index contributed by atoms with van der Waals surface area (Å²) in [6.45, 7) is 0. The molecule has 0 aliphatic heterocycles. The van der Waals surface area contributed by atoms with Gasteiger partial charge in [0.15, 0.2) is 0 Å². The number of nitrogens with zero attached hydrogens (tertiary/aromatic N) is 2. The van der Waals surface area contributed by atoms with Crippen molar-refractivity contribution in [2.45, 2.75) is 10.9 Å². The molecular weight excluding hydrogens is 417 g/mol. The van der Waals surface area contributed by atoms with Crippen LogP contribution in [0.5, 0.6) is 5.75 Å². The maximum absolute atomic E-state index is 12.7. The number of ether oxygens (including phenoxy) is 1. The predicted molar refractivity (Wildman–Crippen MR) is 113 cm³/mol. The Hall–Kier alpha value is -2.15. The Labute approximate surface area is 178 Å². The molecule has 3 aromatic rings. The molecule has 0 fully saturated rings. The van der Waals surface area contributed by atoms with E-state index in [1.165, 1.54) is 11.8 Å².